The molecule has 140 valence electrons. The second-order valence-corrected chi connectivity index (χ2v) is 6.83. The first-order valence-corrected chi connectivity index (χ1v) is 9.33. The lowest BCUT2D eigenvalue weighted by molar-refractivity contribution is 0.586. The molecule has 0 fully saturated rings. The first kappa shape index (κ1) is 18.4. The van der Waals surface area contributed by atoms with Crippen LogP contribution in [0, 0.1) is 0 Å². The van der Waals surface area contributed by atoms with Gasteiger partial charge in [0.2, 0.25) is 0 Å². The van der Waals surface area contributed by atoms with E-state index >= 15 is 0 Å². The summed E-state index contributed by atoms with van der Waals surface area (Å²) in [5.74, 6) is 0.403. The Morgan fingerprint density at radius 1 is 0.893 bits per heavy atom. The van der Waals surface area contributed by atoms with Crippen molar-refractivity contribution in [3.05, 3.63) is 82.4 Å². The van der Waals surface area contributed by atoms with Crippen LogP contribution in [-0.4, -0.2) is 20.2 Å². The molecule has 1 N–H and O–H groups in total. The second-order valence-electron chi connectivity index (χ2n) is 6.02. The monoisotopic (exact) mass is 411 g/mol. The summed E-state index contributed by atoms with van der Waals surface area (Å²) in [4.78, 5) is 8.53. The van der Waals surface area contributed by atoms with E-state index in [9.17, 15) is 0 Å². The van der Waals surface area contributed by atoms with E-state index in [4.69, 9.17) is 27.6 Å². The third kappa shape index (κ3) is 4.30. The molecule has 3 aromatic heterocycles. The number of pyridine rings is 2. The van der Waals surface area contributed by atoms with Crippen molar-refractivity contribution in [1.29, 1.82) is 0 Å². The highest BCUT2D eigenvalue weighted by atomic mass is 35.5. The Balaban J connectivity index is 1.52. The van der Waals surface area contributed by atoms with Crippen LogP contribution >= 0.6 is 23.2 Å². The zero-order valence-corrected chi connectivity index (χ0v) is 16.2. The van der Waals surface area contributed by atoms with Gasteiger partial charge in [-0.05, 0) is 60.9 Å². The normalized spacial score (nSPS) is 10.8. The van der Waals surface area contributed by atoms with Gasteiger partial charge in [0, 0.05) is 24.3 Å². The summed E-state index contributed by atoms with van der Waals surface area (Å²) in [6, 6.07) is 13.2. The minimum Gasteiger partial charge on any atom is -0.403 e. The van der Waals surface area contributed by atoms with E-state index in [0.717, 1.165) is 24.1 Å². The smallest absolute Gasteiger partial charge is 0.320 e. The van der Waals surface area contributed by atoms with Crippen molar-refractivity contribution in [2.24, 2.45) is 0 Å². The molecule has 0 saturated heterocycles. The number of nitrogens with one attached hydrogen (secondary N) is 1. The van der Waals surface area contributed by atoms with E-state index in [1.54, 1.807) is 36.8 Å². The number of aryl methyl sites for hydroxylation is 2. The molecular formula is C20H15Cl2N5O. The first-order chi connectivity index (χ1) is 13.7. The molecule has 8 heteroatoms. The minimum atomic E-state index is 0.261. The van der Waals surface area contributed by atoms with Crippen molar-refractivity contribution in [3.63, 3.8) is 0 Å². The van der Waals surface area contributed by atoms with Crippen molar-refractivity contribution in [2.75, 3.05) is 5.32 Å². The Bertz CT molecular complexity index is 1080. The van der Waals surface area contributed by atoms with Crippen LogP contribution in [-0.2, 0) is 12.8 Å². The molecule has 4 aromatic rings. The molecule has 4 rings (SSSR count). The number of halogens is 2. The molecular weight excluding hydrogens is 397 g/mol. The summed E-state index contributed by atoms with van der Waals surface area (Å²) in [5, 5.41) is 12.2. The van der Waals surface area contributed by atoms with Crippen molar-refractivity contribution in [2.45, 2.75) is 12.8 Å². The molecule has 3 heterocycles. The summed E-state index contributed by atoms with van der Waals surface area (Å²) in [6.45, 7) is 0. The Morgan fingerprint density at radius 2 is 1.75 bits per heavy atom. The van der Waals surface area contributed by atoms with Gasteiger partial charge in [0.15, 0.2) is 0 Å². The number of hydrogen-bond acceptors (Lipinski definition) is 6. The van der Waals surface area contributed by atoms with Gasteiger partial charge in [0.05, 0.1) is 21.3 Å². The van der Waals surface area contributed by atoms with Crippen molar-refractivity contribution in [3.8, 4) is 11.5 Å². The average Bonchev–Trinajstić information content (AvgIpc) is 3.18. The van der Waals surface area contributed by atoms with E-state index in [-0.39, 0.29) is 6.01 Å². The number of rotatable bonds is 6. The Labute approximate surface area is 171 Å². The lowest BCUT2D eigenvalue weighted by Crippen LogP contribution is -1.97. The van der Waals surface area contributed by atoms with Crippen LogP contribution in [0.4, 0.5) is 11.7 Å². The third-order valence-corrected chi connectivity index (χ3v) is 4.86. The number of benzene rings is 1. The van der Waals surface area contributed by atoms with Crippen LogP contribution in [0.2, 0.25) is 10.0 Å². The fourth-order valence-electron chi connectivity index (χ4n) is 2.72. The first-order valence-electron chi connectivity index (χ1n) is 8.58. The molecule has 0 radical (unpaired) electrons. The third-order valence-electron chi connectivity index (χ3n) is 4.12. The maximum Gasteiger partial charge on any atom is 0.320 e. The quantitative estimate of drug-likeness (QED) is 0.459. The van der Waals surface area contributed by atoms with E-state index in [1.165, 1.54) is 5.56 Å². The topological polar surface area (TPSA) is 76.7 Å². The zero-order chi connectivity index (χ0) is 19.3. The molecule has 0 bridgehead atoms. The summed E-state index contributed by atoms with van der Waals surface area (Å²) in [5.41, 5.74) is 3.60. The van der Waals surface area contributed by atoms with Crippen LogP contribution < -0.4 is 5.32 Å². The van der Waals surface area contributed by atoms with Crippen LogP contribution in [0.1, 0.15) is 11.3 Å². The van der Waals surface area contributed by atoms with Gasteiger partial charge in [-0.3, -0.25) is 9.97 Å². The highest BCUT2D eigenvalue weighted by molar-refractivity contribution is 6.42. The summed E-state index contributed by atoms with van der Waals surface area (Å²) in [6.07, 6.45) is 6.92. The average molecular weight is 412 g/mol. The van der Waals surface area contributed by atoms with E-state index in [0.29, 0.717) is 21.6 Å². The number of nitrogens with zero attached hydrogens (tertiary/aromatic N) is 4. The SMILES string of the molecule is Clc1ccc(Nc2nnc(-c3cccnc3CCc3ccncc3)o2)cc1Cl. The van der Waals surface area contributed by atoms with Crippen molar-refractivity contribution >= 4 is 34.9 Å². The molecule has 1 aromatic carbocycles. The highest BCUT2D eigenvalue weighted by Crippen LogP contribution is 2.28. The lowest BCUT2D eigenvalue weighted by Gasteiger charge is -2.05. The molecule has 0 aliphatic heterocycles. The molecule has 0 aliphatic carbocycles. The molecule has 0 saturated carbocycles. The van der Waals surface area contributed by atoms with Crippen molar-refractivity contribution in [1.82, 2.24) is 20.2 Å². The molecule has 28 heavy (non-hydrogen) atoms. The predicted octanol–water partition coefficient (Wildman–Crippen LogP) is 5.36. The van der Waals surface area contributed by atoms with Gasteiger partial charge in [-0.2, -0.15) is 0 Å². The Hall–Kier alpha value is -2.96. The standard InChI is InChI=1S/C20H15Cl2N5O/c21-16-5-4-14(12-17(16)22)25-20-27-26-19(28-20)15-2-1-9-24-18(15)6-3-13-7-10-23-11-8-13/h1-2,4-5,7-12H,3,6H2,(H,25,27). The number of hydrogen-bond donors (Lipinski definition) is 1. The minimum absolute atomic E-state index is 0.261. The maximum atomic E-state index is 6.04. The van der Waals surface area contributed by atoms with Crippen molar-refractivity contribution < 1.29 is 4.42 Å². The van der Waals surface area contributed by atoms with Crippen LogP contribution in [0.25, 0.3) is 11.5 Å². The molecule has 6 nitrogen and oxygen atoms in total. The summed E-state index contributed by atoms with van der Waals surface area (Å²) >= 11 is 12.0. The van der Waals surface area contributed by atoms with Crippen LogP contribution in [0.15, 0.2) is 65.5 Å². The number of anilines is 2. The summed E-state index contributed by atoms with van der Waals surface area (Å²) < 4.78 is 5.78. The van der Waals surface area contributed by atoms with Crippen LogP contribution in [0.5, 0.6) is 0 Å². The fraction of sp³-hybridized carbons (Fsp3) is 0.100. The predicted molar refractivity (Wildman–Crippen MR) is 109 cm³/mol. The van der Waals surface area contributed by atoms with Gasteiger partial charge >= 0.3 is 6.01 Å². The highest BCUT2D eigenvalue weighted by Gasteiger charge is 2.14. The molecule has 0 amide bonds. The lowest BCUT2D eigenvalue weighted by atomic mass is 10.1. The number of aromatic nitrogens is 4. The summed E-state index contributed by atoms with van der Waals surface area (Å²) in [7, 11) is 0. The van der Waals surface area contributed by atoms with Gasteiger partial charge in [-0.25, -0.2) is 0 Å². The van der Waals surface area contributed by atoms with Crippen LogP contribution in [0.3, 0.4) is 0 Å². The van der Waals surface area contributed by atoms with Gasteiger partial charge in [-0.1, -0.05) is 28.3 Å². The van der Waals surface area contributed by atoms with Gasteiger partial charge in [0.25, 0.3) is 5.89 Å². The zero-order valence-electron chi connectivity index (χ0n) is 14.6. The van der Waals surface area contributed by atoms with Gasteiger partial charge < -0.3 is 9.73 Å². The molecule has 0 aliphatic rings. The molecule has 0 spiro atoms. The molecule has 0 atom stereocenters. The van der Waals surface area contributed by atoms with Gasteiger partial charge in [-0.15, -0.1) is 5.10 Å². The van der Waals surface area contributed by atoms with E-state index in [1.807, 2.05) is 24.3 Å². The van der Waals surface area contributed by atoms with E-state index in [2.05, 4.69) is 25.5 Å². The second kappa shape index (κ2) is 8.37. The fourth-order valence-corrected chi connectivity index (χ4v) is 3.02. The maximum absolute atomic E-state index is 6.04. The molecule has 0 unspecified atom stereocenters. The Morgan fingerprint density at radius 3 is 2.57 bits per heavy atom. The Kier molecular flexibility index (Phi) is 5.50. The largest absolute Gasteiger partial charge is 0.403 e. The van der Waals surface area contributed by atoms with E-state index < -0.39 is 0 Å². The van der Waals surface area contributed by atoms with Gasteiger partial charge in [0.1, 0.15) is 0 Å².